The van der Waals surface area contributed by atoms with Gasteiger partial charge in [0.05, 0.1) is 11.6 Å². The molecule has 0 aliphatic carbocycles. The standard InChI is InChI=1S/C17H19FN2O3/c1-9-3-4-20(8-14(9)21)17(23)13-7-19-15-10(2)5-11(18)6-12(15)16(13)22/h5-7,9,14,21H,3-4,8H2,1-2H3,(H,19,22). The average Bonchev–Trinajstić information content (AvgIpc) is 2.50. The van der Waals surface area contributed by atoms with Gasteiger partial charge in [-0.15, -0.1) is 0 Å². The summed E-state index contributed by atoms with van der Waals surface area (Å²) in [6.45, 7) is 4.34. The summed E-state index contributed by atoms with van der Waals surface area (Å²) < 4.78 is 13.6. The van der Waals surface area contributed by atoms with Gasteiger partial charge in [0.2, 0.25) is 5.43 Å². The van der Waals surface area contributed by atoms with E-state index < -0.39 is 23.3 Å². The zero-order chi connectivity index (χ0) is 16.7. The fourth-order valence-electron chi connectivity index (χ4n) is 3.03. The van der Waals surface area contributed by atoms with E-state index >= 15 is 0 Å². The predicted molar refractivity (Wildman–Crippen MR) is 85.0 cm³/mol. The lowest BCUT2D eigenvalue weighted by Crippen LogP contribution is -2.46. The van der Waals surface area contributed by atoms with Gasteiger partial charge in [-0.2, -0.15) is 0 Å². The number of aromatic amines is 1. The number of piperidine rings is 1. The largest absolute Gasteiger partial charge is 0.391 e. The number of β-amino-alcohol motifs (C(OH)–C–C–N with tert-alkyl or cyclic N) is 1. The topological polar surface area (TPSA) is 73.4 Å². The van der Waals surface area contributed by atoms with Gasteiger partial charge >= 0.3 is 0 Å². The van der Waals surface area contributed by atoms with Crippen molar-refractivity contribution < 1.29 is 14.3 Å². The van der Waals surface area contributed by atoms with Crippen LogP contribution in [0.2, 0.25) is 0 Å². The molecule has 2 atom stereocenters. The lowest BCUT2D eigenvalue weighted by molar-refractivity contribution is 0.0248. The Morgan fingerprint density at radius 1 is 1.43 bits per heavy atom. The number of aliphatic hydroxyl groups excluding tert-OH is 1. The van der Waals surface area contributed by atoms with Crippen LogP contribution >= 0.6 is 0 Å². The third kappa shape index (κ3) is 2.74. The summed E-state index contributed by atoms with van der Waals surface area (Å²) in [5.41, 5.74) is 0.627. The van der Waals surface area contributed by atoms with Gasteiger partial charge in [-0.1, -0.05) is 6.92 Å². The molecule has 122 valence electrons. The van der Waals surface area contributed by atoms with Gasteiger partial charge in [0.15, 0.2) is 0 Å². The van der Waals surface area contributed by atoms with Crippen LogP contribution in [0.5, 0.6) is 0 Å². The first-order valence-electron chi connectivity index (χ1n) is 7.67. The number of nitrogens with zero attached hydrogens (tertiary/aromatic N) is 1. The number of carbonyl (C=O) groups excluding carboxylic acids is 1. The number of halogens is 1. The number of pyridine rings is 1. The highest BCUT2D eigenvalue weighted by molar-refractivity contribution is 5.97. The summed E-state index contributed by atoms with van der Waals surface area (Å²) in [6.07, 6.45) is 1.47. The Kier molecular flexibility index (Phi) is 3.93. The first-order valence-corrected chi connectivity index (χ1v) is 7.67. The van der Waals surface area contributed by atoms with Crippen molar-refractivity contribution in [2.75, 3.05) is 13.1 Å². The van der Waals surface area contributed by atoms with Crippen molar-refractivity contribution >= 4 is 16.8 Å². The van der Waals surface area contributed by atoms with E-state index in [1.807, 2.05) is 6.92 Å². The van der Waals surface area contributed by atoms with Crippen molar-refractivity contribution in [1.29, 1.82) is 0 Å². The second-order valence-electron chi connectivity index (χ2n) is 6.26. The molecular formula is C17H19FN2O3. The molecule has 0 saturated carbocycles. The van der Waals surface area contributed by atoms with Crippen LogP contribution in [0.1, 0.15) is 29.3 Å². The lowest BCUT2D eigenvalue weighted by atomic mass is 9.95. The van der Waals surface area contributed by atoms with Crippen LogP contribution in [-0.4, -0.2) is 40.1 Å². The molecule has 2 aromatic rings. The summed E-state index contributed by atoms with van der Waals surface area (Å²) in [6, 6.07) is 2.48. The number of amides is 1. The number of aromatic nitrogens is 1. The number of likely N-dealkylation sites (tertiary alicyclic amines) is 1. The van der Waals surface area contributed by atoms with Gasteiger partial charge in [0, 0.05) is 24.7 Å². The van der Waals surface area contributed by atoms with Crippen molar-refractivity contribution in [3.05, 3.63) is 45.5 Å². The van der Waals surface area contributed by atoms with E-state index in [-0.39, 0.29) is 23.4 Å². The number of H-pyrrole nitrogens is 1. The lowest BCUT2D eigenvalue weighted by Gasteiger charge is -2.34. The summed E-state index contributed by atoms with van der Waals surface area (Å²) in [4.78, 5) is 29.6. The fraction of sp³-hybridized carbons (Fsp3) is 0.412. The summed E-state index contributed by atoms with van der Waals surface area (Å²) >= 11 is 0. The van der Waals surface area contributed by atoms with Crippen molar-refractivity contribution in [3.8, 4) is 0 Å². The Bertz CT molecular complexity index is 830. The number of carbonyl (C=O) groups is 1. The average molecular weight is 318 g/mol. The molecule has 1 aromatic heterocycles. The van der Waals surface area contributed by atoms with Gasteiger partial charge in [-0.3, -0.25) is 9.59 Å². The number of hydrogen-bond donors (Lipinski definition) is 2. The second kappa shape index (κ2) is 5.77. The Morgan fingerprint density at radius 2 is 2.17 bits per heavy atom. The van der Waals surface area contributed by atoms with Crippen LogP contribution in [0, 0.1) is 18.7 Å². The maximum Gasteiger partial charge on any atom is 0.259 e. The van der Waals surface area contributed by atoms with Crippen LogP contribution in [0.4, 0.5) is 4.39 Å². The molecule has 0 radical (unpaired) electrons. The van der Waals surface area contributed by atoms with E-state index in [1.54, 1.807) is 6.92 Å². The molecule has 1 aromatic carbocycles. The van der Waals surface area contributed by atoms with E-state index in [2.05, 4.69) is 4.98 Å². The molecule has 0 bridgehead atoms. The molecule has 2 unspecified atom stereocenters. The maximum atomic E-state index is 13.6. The smallest absolute Gasteiger partial charge is 0.259 e. The molecule has 1 amide bonds. The highest BCUT2D eigenvalue weighted by Crippen LogP contribution is 2.20. The van der Waals surface area contributed by atoms with Crippen LogP contribution in [0.3, 0.4) is 0 Å². The van der Waals surface area contributed by atoms with Crippen molar-refractivity contribution in [2.45, 2.75) is 26.4 Å². The van der Waals surface area contributed by atoms with Gasteiger partial charge in [-0.05, 0) is 37.0 Å². The zero-order valence-electron chi connectivity index (χ0n) is 13.1. The number of nitrogens with one attached hydrogen (secondary N) is 1. The second-order valence-corrected chi connectivity index (χ2v) is 6.26. The number of benzene rings is 1. The minimum Gasteiger partial charge on any atom is -0.391 e. The van der Waals surface area contributed by atoms with Crippen LogP contribution < -0.4 is 5.43 Å². The molecule has 1 saturated heterocycles. The Hall–Kier alpha value is -2.21. The van der Waals surface area contributed by atoms with Gasteiger partial charge in [0.25, 0.3) is 5.91 Å². The number of aliphatic hydroxyl groups is 1. The molecule has 1 fully saturated rings. The monoisotopic (exact) mass is 318 g/mol. The summed E-state index contributed by atoms with van der Waals surface area (Å²) in [7, 11) is 0. The first kappa shape index (κ1) is 15.7. The molecule has 5 nitrogen and oxygen atoms in total. The predicted octanol–water partition coefficient (Wildman–Crippen LogP) is 1.82. The molecule has 0 spiro atoms. The molecule has 6 heteroatoms. The van der Waals surface area contributed by atoms with Gasteiger partial charge < -0.3 is 15.0 Å². The normalized spacial score (nSPS) is 21.7. The van der Waals surface area contributed by atoms with E-state index in [4.69, 9.17) is 0 Å². The van der Waals surface area contributed by atoms with E-state index in [0.29, 0.717) is 24.0 Å². The van der Waals surface area contributed by atoms with E-state index in [1.165, 1.54) is 17.2 Å². The number of fused-ring (bicyclic) bond motifs is 1. The minimum absolute atomic E-state index is 0.0238. The van der Waals surface area contributed by atoms with Crippen molar-refractivity contribution in [3.63, 3.8) is 0 Å². The highest BCUT2D eigenvalue weighted by Gasteiger charge is 2.29. The quantitative estimate of drug-likeness (QED) is 0.842. The number of aryl methyl sites for hydroxylation is 1. The molecule has 2 N–H and O–H groups in total. The van der Waals surface area contributed by atoms with Crippen LogP contribution in [0.25, 0.3) is 10.9 Å². The first-order chi connectivity index (χ1) is 10.9. The summed E-state index contributed by atoms with van der Waals surface area (Å²) in [5, 5.41) is 10.1. The highest BCUT2D eigenvalue weighted by atomic mass is 19.1. The van der Waals surface area contributed by atoms with Crippen LogP contribution in [-0.2, 0) is 0 Å². The molecule has 23 heavy (non-hydrogen) atoms. The van der Waals surface area contributed by atoms with E-state index in [9.17, 15) is 19.1 Å². The SMILES string of the molecule is Cc1cc(F)cc2c(=O)c(C(=O)N3CCC(C)C(O)C3)c[nH]c12. The molecule has 3 rings (SSSR count). The van der Waals surface area contributed by atoms with E-state index in [0.717, 1.165) is 6.07 Å². The number of rotatable bonds is 1. The Morgan fingerprint density at radius 3 is 2.87 bits per heavy atom. The number of hydrogen-bond acceptors (Lipinski definition) is 3. The summed E-state index contributed by atoms with van der Waals surface area (Å²) in [5.74, 6) is -0.806. The van der Waals surface area contributed by atoms with Gasteiger partial charge in [0.1, 0.15) is 11.4 Å². The molecule has 2 heterocycles. The fourth-order valence-corrected chi connectivity index (χ4v) is 3.03. The van der Waals surface area contributed by atoms with Crippen LogP contribution in [0.15, 0.2) is 23.1 Å². The Labute approximate surface area is 132 Å². The Balaban J connectivity index is 2.02. The zero-order valence-corrected chi connectivity index (χ0v) is 13.1. The van der Waals surface area contributed by atoms with Crippen molar-refractivity contribution in [1.82, 2.24) is 9.88 Å². The molecular weight excluding hydrogens is 299 g/mol. The maximum absolute atomic E-state index is 13.6. The molecule has 1 aliphatic heterocycles. The third-order valence-corrected chi connectivity index (χ3v) is 4.59. The third-order valence-electron chi connectivity index (χ3n) is 4.59. The molecule has 1 aliphatic rings. The van der Waals surface area contributed by atoms with Crippen molar-refractivity contribution in [2.24, 2.45) is 5.92 Å². The minimum atomic E-state index is -0.591. The van der Waals surface area contributed by atoms with Gasteiger partial charge in [-0.25, -0.2) is 4.39 Å².